The Morgan fingerprint density at radius 3 is 2.56 bits per heavy atom. The summed E-state index contributed by atoms with van der Waals surface area (Å²) in [6, 6.07) is 7.58. The van der Waals surface area contributed by atoms with E-state index >= 15 is 0 Å². The minimum atomic E-state index is -0.0584. The third-order valence-corrected chi connectivity index (χ3v) is 4.76. The van der Waals surface area contributed by atoms with Crippen LogP contribution in [0.4, 0.5) is 0 Å². The molecule has 1 aromatic rings. The fourth-order valence-corrected chi connectivity index (χ4v) is 3.05. The lowest BCUT2D eigenvalue weighted by atomic mass is 10.0. The van der Waals surface area contributed by atoms with Crippen LogP contribution in [-0.4, -0.2) is 75.3 Å². The van der Waals surface area contributed by atoms with Gasteiger partial charge in [-0.3, -0.25) is 14.7 Å². The maximum atomic E-state index is 12.1. The summed E-state index contributed by atoms with van der Waals surface area (Å²) < 4.78 is 5.43. The van der Waals surface area contributed by atoms with E-state index in [0.717, 1.165) is 44.4 Å². The van der Waals surface area contributed by atoms with E-state index in [2.05, 4.69) is 39.7 Å². The summed E-state index contributed by atoms with van der Waals surface area (Å²) in [7, 11) is 1.75. The van der Waals surface area contributed by atoms with E-state index in [4.69, 9.17) is 4.74 Å². The summed E-state index contributed by atoms with van der Waals surface area (Å²) >= 11 is 0. The molecule has 1 aliphatic rings. The minimum absolute atomic E-state index is 0.0147. The van der Waals surface area contributed by atoms with Crippen molar-refractivity contribution in [3.05, 3.63) is 35.4 Å². The second kappa shape index (κ2) is 10.3. The number of nitrogens with one attached hydrogen (secondary N) is 3. The van der Waals surface area contributed by atoms with Gasteiger partial charge in [0.15, 0.2) is 5.96 Å². The zero-order valence-electron chi connectivity index (χ0n) is 17.0. The van der Waals surface area contributed by atoms with Crippen molar-refractivity contribution in [3.8, 4) is 0 Å². The van der Waals surface area contributed by atoms with Crippen LogP contribution in [0.1, 0.15) is 29.8 Å². The van der Waals surface area contributed by atoms with Gasteiger partial charge in [-0.2, -0.15) is 0 Å². The van der Waals surface area contributed by atoms with Gasteiger partial charge in [-0.05, 0) is 32.9 Å². The summed E-state index contributed by atoms with van der Waals surface area (Å²) in [6.07, 6.45) is 0. The van der Waals surface area contributed by atoms with Crippen LogP contribution in [0, 0.1) is 6.92 Å². The van der Waals surface area contributed by atoms with Gasteiger partial charge < -0.3 is 20.7 Å². The quantitative estimate of drug-likeness (QED) is 0.377. The summed E-state index contributed by atoms with van der Waals surface area (Å²) in [5.74, 6) is 0.679. The van der Waals surface area contributed by atoms with Crippen LogP contribution in [0.25, 0.3) is 0 Å². The lowest BCUT2D eigenvalue weighted by molar-refractivity contribution is -0.00833. The number of aryl methyl sites for hydroxylation is 1. The monoisotopic (exact) mass is 375 g/mol. The molecule has 0 bridgehead atoms. The van der Waals surface area contributed by atoms with Crippen molar-refractivity contribution in [3.63, 3.8) is 0 Å². The van der Waals surface area contributed by atoms with Gasteiger partial charge in [0.25, 0.3) is 5.91 Å². The number of carbonyl (C=O) groups excluding carboxylic acids is 1. The predicted octanol–water partition coefficient (Wildman–Crippen LogP) is 1.00. The molecule has 0 unspecified atom stereocenters. The second-order valence-electron chi connectivity index (χ2n) is 7.39. The highest BCUT2D eigenvalue weighted by atomic mass is 16.5. The van der Waals surface area contributed by atoms with E-state index in [-0.39, 0.29) is 11.4 Å². The lowest BCUT2D eigenvalue weighted by Gasteiger charge is -2.41. The number of guanidine groups is 1. The molecule has 1 heterocycles. The van der Waals surface area contributed by atoms with E-state index < -0.39 is 0 Å². The molecule has 0 radical (unpaired) electrons. The second-order valence-corrected chi connectivity index (χ2v) is 7.39. The van der Waals surface area contributed by atoms with E-state index in [9.17, 15) is 4.79 Å². The Hall–Kier alpha value is -2.12. The fourth-order valence-electron chi connectivity index (χ4n) is 3.05. The Bertz CT molecular complexity index is 639. The molecule has 7 nitrogen and oxygen atoms in total. The molecule has 7 heteroatoms. The van der Waals surface area contributed by atoms with E-state index in [1.165, 1.54) is 0 Å². The number of hydrogen-bond acceptors (Lipinski definition) is 4. The van der Waals surface area contributed by atoms with Crippen LogP contribution in [0.15, 0.2) is 29.3 Å². The van der Waals surface area contributed by atoms with Crippen LogP contribution in [0.5, 0.6) is 0 Å². The number of benzene rings is 1. The molecule has 0 saturated carbocycles. The average molecular weight is 376 g/mol. The molecule has 0 spiro atoms. The Morgan fingerprint density at radius 2 is 1.89 bits per heavy atom. The van der Waals surface area contributed by atoms with Crippen LogP contribution in [-0.2, 0) is 4.74 Å². The highest BCUT2D eigenvalue weighted by Crippen LogP contribution is 2.14. The molecule has 1 amide bonds. The third-order valence-electron chi connectivity index (χ3n) is 4.76. The van der Waals surface area contributed by atoms with Gasteiger partial charge in [-0.25, -0.2) is 0 Å². The van der Waals surface area contributed by atoms with E-state index in [1.807, 2.05) is 31.2 Å². The molecule has 150 valence electrons. The van der Waals surface area contributed by atoms with Crippen molar-refractivity contribution in [1.29, 1.82) is 0 Å². The van der Waals surface area contributed by atoms with Gasteiger partial charge in [-0.1, -0.05) is 17.7 Å². The Kier molecular flexibility index (Phi) is 8.06. The van der Waals surface area contributed by atoms with Crippen molar-refractivity contribution in [2.45, 2.75) is 26.3 Å². The number of morpholine rings is 1. The molecular formula is C20H33N5O2. The SMILES string of the molecule is CN=C(NCCNC(=O)c1cccc(C)c1)NCC(C)(C)N1CCOCC1. The van der Waals surface area contributed by atoms with Gasteiger partial charge in [-0.15, -0.1) is 0 Å². The van der Waals surface area contributed by atoms with Crippen LogP contribution in [0.2, 0.25) is 0 Å². The molecule has 1 fully saturated rings. The van der Waals surface area contributed by atoms with Crippen LogP contribution in [0.3, 0.4) is 0 Å². The van der Waals surface area contributed by atoms with Gasteiger partial charge >= 0.3 is 0 Å². The maximum Gasteiger partial charge on any atom is 0.251 e. The topological polar surface area (TPSA) is 78.0 Å². The largest absolute Gasteiger partial charge is 0.379 e. The van der Waals surface area contributed by atoms with E-state index in [1.54, 1.807) is 7.05 Å². The highest BCUT2D eigenvalue weighted by molar-refractivity contribution is 5.94. The first-order valence-corrected chi connectivity index (χ1v) is 9.54. The van der Waals surface area contributed by atoms with Gasteiger partial charge in [0.1, 0.15) is 0 Å². The number of carbonyl (C=O) groups is 1. The van der Waals surface area contributed by atoms with Crippen molar-refractivity contribution >= 4 is 11.9 Å². The fraction of sp³-hybridized carbons (Fsp3) is 0.600. The van der Waals surface area contributed by atoms with Gasteiger partial charge in [0, 0.05) is 50.9 Å². The number of aliphatic imine (C=N–C) groups is 1. The zero-order chi connectivity index (χ0) is 19.7. The molecule has 3 N–H and O–H groups in total. The molecule has 0 aliphatic carbocycles. The normalized spacial score (nSPS) is 16.1. The summed E-state index contributed by atoms with van der Waals surface area (Å²) in [4.78, 5) is 18.8. The van der Waals surface area contributed by atoms with Gasteiger partial charge in [0.2, 0.25) is 0 Å². The summed E-state index contributed by atoms with van der Waals surface area (Å²) in [5.41, 5.74) is 1.78. The van der Waals surface area contributed by atoms with Crippen molar-refractivity contribution in [2.24, 2.45) is 4.99 Å². The number of rotatable bonds is 7. The minimum Gasteiger partial charge on any atom is -0.379 e. The Labute approximate surface area is 162 Å². The van der Waals surface area contributed by atoms with Crippen molar-refractivity contribution in [2.75, 3.05) is 53.0 Å². The van der Waals surface area contributed by atoms with Crippen molar-refractivity contribution in [1.82, 2.24) is 20.9 Å². The first kappa shape index (κ1) is 21.2. The Balaban J connectivity index is 1.70. The molecule has 1 aliphatic heterocycles. The first-order valence-electron chi connectivity index (χ1n) is 9.54. The van der Waals surface area contributed by atoms with Crippen molar-refractivity contribution < 1.29 is 9.53 Å². The molecular weight excluding hydrogens is 342 g/mol. The number of amides is 1. The number of hydrogen-bond donors (Lipinski definition) is 3. The molecule has 27 heavy (non-hydrogen) atoms. The molecule has 0 aromatic heterocycles. The number of nitrogens with zero attached hydrogens (tertiary/aromatic N) is 2. The Morgan fingerprint density at radius 1 is 1.19 bits per heavy atom. The number of ether oxygens (including phenoxy) is 1. The maximum absolute atomic E-state index is 12.1. The summed E-state index contributed by atoms with van der Waals surface area (Å²) in [6.45, 7) is 11.8. The third kappa shape index (κ3) is 6.84. The average Bonchev–Trinajstić information content (AvgIpc) is 2.68. The van der Waals surface area contributed by atoms with Crippen LogP contribution >= 0.6 is 0 Å². The lowest BCUT2D eigenvalue weighted by Crippen LogP contribution is -2.56. The highest BCUT2D eigenvalue weighted by Gasteiger charge is 2.28. The molecule has 0 atom stereocenters. The standard InChI is InChI=1S/C20H33N5O2/c1-16-6-5-7-17(14-16)18(26)22-8-9-23-19(21-4)24-15-20(2,3)25-10-12-27-13-11-25/h5-7,14H,8-13,15H2,1-4H3,(H,22,26)(H2,21,23,24). The van der Waals surface area contributed by atoms with Crippen LogP contribution < -0.4 is 16.0 Å². The van der Waals surface area contributed by atoms with E-state index in [0.29, 0.717) is 18.7 Å². The smallest absolute Gasteiger partial charge is 0.251 e. The zero-order valence-corrected chi connectivity index (χ0v) is 17.0. The van der Waals surface area contributed by atoms with Gasteiger partial charge in [0.05, 0.1) is 13.2 Å². The molecule has 1 saturated heterocycles. The molecule has 1 aromatic carbocycles. The molecule has 2 rings (SSSR count). The predicted molar refractivity (Wildman–Crippen MR) is 109 cm³/mol. The first-order chi connectivity index (χ1) is 12.9. The summed E-state index contributed by atoms with van der Waals surface area (Å²) in [5, 5.41) is 9.55.